The summed E-state index contributed by atoms with van der Waals surface area (Å²) in [7, 11) is 1.87. The molecule has 0 aromatic heterocycles. The molecule has 1 aliphatic rings. The lowest BCUT2D eigenvalue weighted by Gasteiger charge is -2.30. The first-order chi connectivity index (χ1) is 7.74. The number of nitrogens with one attached hydrogen (secondary N) is 1. The summed E-state index contributed by atoms with van der Waals surface area (Å²) < 4.78 is 5.47. The van der Waals surface area contributed by atoms with Gasteiger partial charge in [0.2, 0.25) is 5.91 Å². The fourth-order valence-electron chi connectivity index (χ4n) is 1.86. The maximum atomic E-state index is 11.3. The van der Waals surface area contributed by atoms with E-state index in [0.29, 0.717) is 12.5 Å². The molecule has 0 aromatic carbocycles. The molecule has 1 unspecified atom stereocenters. The minimum Gasteiger partial charge on any atom is -0.380 e. The average molecular weight is 228 g/mol. The van der Waals surface area contributed by atoms with Crippen LogP contribution in [0.25, 0.3) is 0 Å². The molecule has 16 heavy (non-hydrogen) atoms. The van der Waals surface area contributed by atoms with Crippen molar-refractivity contribution in [1.29, 1.82) is 0 Å². The highest BCUT2D eigenvalue weighted by Crippen LogP contribution is 2.08. The molecule has 1 N–H and O–H groups in total. The molecule has 1 fully saturated rings. The standard InChI is InChI=1S/C12H24N2O2/c1-3-4-8-16-9-7-13-11-5-6-12(15)14(2)10-11/h11,13H,3-10H2,1-2H3. The smallest absolute Gasteiger partial charge is 0.222 e. The van der Waals surface area contributed by atoms with E-state index in [-0.39, 0.29) is 5.91 Å². The average Bonchev–Trinajstić information content (AvgIpc) is 2.28. The zero-order valence-electron chi connectivity index (χ0n) is 10.5. The van der Waals surface area contributed by atoms with Crippen LogP contribution in [0.15, 0.2) is 0 Å². The first-order valence-corrected chi connectivity index (χ1v) is 6.29. The van der Waals surface area contributed by atoms with E-state index in [4.69, 9.17) is 4.74 Å². The van der Waals surface area contributed by atoms with Crippen LogP contribution in [-0.2, 0) is 9.53 Å². The maximum Gasteiger partial charge on any atom is 0.222 e. The van der Waals surface area contributed by atoms with E-state index in [1.165, 1.54) is 6.42 Å². The minimum absolute atomic E-state index is 0.261. The molecule has 1 amide bonds. The van der Waals surface area contributed by atoms with Gasteiger partial charge in [-0.15, -0.1) is 0 Å². The van der Waals surface area contributed by atoms with Crippen LogP contribution < -0.4 is 5.32 Å². The monoisotopic (exact) mass is 228 g/mol. The predicted molar refractivity (Wildman–Crippen MR) is 64.4 cm³/mol. The van der Waals surface area contributed by atoms with Crippen molar-refractivity contribution in [3.63, 3.8) is 0 Å². The number of piperidine rings is 1. The predicted octanol–water partition coefficient (Wildman–Crippen LogP) is 1.01. The Labute approximate surface area is 98.3 Å². The number of ether oxygens (including phenoxy) is 1. The number of unbranched alkanes of at least 4 members (excludes halogenated alkanes) is 1. The van der Waals surface area contributed by atoms with Crippen LogP contribution in [0.3, 0.4) is 0 Å². The van der Waals surface area contributed by atoms with Crippen molar-refractivity contribution in [2.75, 3.05) is 33.4 Å². The number of carbonyl (C=O) groups excluding carboxylic acids is 1. The van der Waals surface area contributed by atoms with E-state index in [9.17, 15) is 4.79 Å². The largest absolute Gasteiger partial charge is 0.380 e. The van der Waals surface area contributed by atoms with Gasteiger partial charge < -0.3 is 15.0 Å². The summed E-state index contributed by atoms with van der Waals surface area (Å²) >= 11 is 0. The molecule has 4 heteroatoms. The Kier molecular flexibility index (Phi) is 6.42. The summed E-state index contributed by atoms with van der Waals surface area (Å²) in [6, 6.07) is 0.442. The van der Waals surface area contributed by atoms with Crippen molar-refractivity contribution in [2.45, 2.75) is 38.6 Å². The zero-order chi connectivity index (χ0) is 11.8. The second-order valence-corrected chi connectivity index (χ2v) is 4.43. The summed E-state index contributed by atoms with van der Waals surface area (Å²) in [5, 5.41) is 3.43. The summed E-state index contributed by atoms with van der Waals surface area (Å²) in [4.78, 5) is 13.1. The topological polar surface area (TPSA) is 41.6 Å². The number of likely N-dealkylation sites (tertiary alicyclic amines) is 1. The van der Waals surface area contributed by atoms with Crippen LogP contribution in [0.5, 0.6) is 0 Å². The highest BCUT2D eigenvalue weighted by Gasteiger charge is 2.21. The van der Waals surface area contributed by atoms with Gasteiger partial charge in [0.25, 0.3) is 0 Å². The molecule has 1 rings (SSSR count). The van der Waals surface area contributed by atoms with Crippen LogP contribution in [0.1, 0.15) is 32.6 Å². The minimum atomic E-state index is 0.261. The molecule has 0 saturated carbocycles. The fraction of sp³-hybridized carbons (Fsp3) is 0.917. The van der Waals surface area contributed by atoms with E-state index in [1.807, 2.05) is 7.05 Å². The fourth-order valence-corrected chi connectivity index (χ4v) is 1.86. The summed E-state index contributed by atoms with van der Waals surface area (Å²) in [6.07, 6.45) is 3.95. The van der Waals surface area contributed by atoms with E-state index in [1.54, 1.807) is 4.90 Å². The van der Waals surface area contributed by atoms with Crippen molar-refractivity contribution in [2.24, 2.45) is 0 Å². The SMILES string of the molecule is CCCCOCCNC1CCC(=O)N(C)C1. The molecule has 0 bridgehead atoms. The molecule has 94 valence electrons. The van der Waals surface area contributed by atoms with Crippen LogP contribution in [0, 0.1) is 0 Å². The number of rotatable bonds is 7. The van der Waals surface area contributed by atoms with E-state index in [2.05, 4.69) is 12.2 Å². The molecule has 1 saturated heterocycles. The van der Waals surface area contributed by atoms with Gasteiger partial charge in [-0.1, -0.05) is 13.3 Å². The summed E-state index contributed by atoms with van der Waals surface area (Å²) in [5.74, 6) is 0.261. The molecule has 1 heterocycles. The highest BCUT2D eigenvalue weighted by atomic mass is 16.5. The van der Waals surface area contributed by atoms with E-state index >= 15 is 0 Å². The number of likely N-dealkylation sites (N-methyl/N-ethyl adjacent to an activating group) is 1. The van der Waals surface area contributed by atoms with Gasteiger partial charge in [0, 0.05) is 39.2 Å². The van der Waals surface area contributed by atoms with Gasteiger partial charge >= 0.3 is 0 Å². The van der Waals surface area contributed by atoms with Crippen LogP contribution in [0.2, 0.25) is 0 Å². The molecule has 0 radical (unpaired) electrons. The third kappa shape index (κ3) is 4.94. The molecule has 0 aliphatic carbocycles. The summed E-state index contributed by atoms with van der Waals surface area (Å²) in [5.41, 5.74) is 0. The number of nitrogens with zero attached hydrogens (tertiary/aromatic N) is 1. The van der Waals surface area contributed by atoms with Crippen molar-refractivity contribution in [1.82, 2.24) is 10.2 Å². The van der Waals surface area contributed by atoms with Gasteiger partial charge in [-0.2, -0.15) is 0 Å². The number of carbonyl (C=O) groups is 1. The van der Waals surface area contributed by atoms with Crippen LogP contribution in [0.4, 0.5) is 0 Å². The number of amides is 1. The van der Waals surface area contributed by atoms with Crippen molar-refractivity contribution in [3.05, 3.63) is 0 Å². The van der Waals surface area contributed by atoms with Gasteiger partial charge in [-0.05, 0) is 12.8 Å². The normalized spacial score (nSPS) is 21.5. The Morgan fingerprint density at radius 2 is 2.31 bits per heavy atom. The van der Waals surface area contributed by atoms with Crippen molar-refractivity contribution < 1.29 is 9.53 Å². The Bertz CT molecular complexity index is 209. The van der Waals surface area contributed by atoms with Gasteiger partial charge in [0.1, 0.15) is 0 Å². The van der Waals surface area contributed by atoms with E-state index < -0.39 is 0 Å². The van der Waals surface area contributed by atoms with Crippen LogP contribution >= 0.6 is 0 Å². The van der Waals surface area contributed by atoms with E-state index in [0.717, 1.165) is 39.1 Å². The van der Waals surface area contributed by atoms with Crippen LogP contribution in [-0.4, -0.2) is 50.2 Å². The van der Waals surface area contributed by atoms with Gasteiger partial charge in [-0.25, -0.2) is 0 Å². The Morgan fingerprint density at radius 3 is 3.00 bits per heavy atom. The quantitative estimate of drug-likeness (QED) is 0.661. The lowest BCUT2D eigenvalue weighted by molar-refractivity contribution is -0.132. The Morgan fingerprint density at radius 1 is 1.50 bits per heavy atom. The van der Waals surface area contributed by atoms with Gasteiger partial charge in [0.05, 0.1) is 6.61 Å². The number of hydrogen-bond donors (Lipinski definition) is 1. The second kappa shape index (κ2) is 7.63. The zero-order valence-corrected chi connectivity index (χ0v) is 10.5. The third-order valence-corrected chi connectivity index (χ3v) is 2.95. The molecule has 1 atom stereocenters. The Hall–Kier alpha value is -0.610. The first-order valence-electron chi connectivity index (χ1n) is 6.29. The molecule has 0 aromatic rings. The van der Waals surface area contributed by atoms with Gasteiger partial charge in [-0.3, -0.25) is 4.79 Å². The van der Waals surface area contributed by atoms with Gasteiger partial charge in [0.15, 0.2) is 0 Å². The summed E-state index contributed by atoms with van der Waals surface area (Å²) in [6.45, 7) is 5.51. The number of hydrogen-bond acceptors (Lipinski definition) is 3. The molecule has 1 aliphatic heterocycles. The first kappa shape index (κ1) is 13.5. The maximum absolute atomic E-state index is 11.3. The lowest BCUT2D eigenvalue weighted by atomic mass is 10.1. The molecule has 4 nitrogen and oxygen atoms in total. The Balaban J connectivity index is 1.99. The van der Waals surface area contributed by atoms with Crippen molar-refractivity contribution >= 4 is 5.91 Å². The molecular weight excluding hydrogens is 204 g/mol. The van der Waals surface area contributed by atoms with Crippen molar-refractivity contribution in [3.8, 4) is 0 Å². The highest BCUT2D eigenvalue weighted by molar-refractivity contribution is 5.76. The second-order valence-electron chi connectivity index (χ2n) is 4.43. The lowest BCUT2D eigenvalue weighted by Crippen LogP contribution is -2.47. The molecule has 0 spiro atoms. The third-order valence-electron chi connectivity index (χ3n) is 2.95. The molecular formula is C12H24N2O2.